The Hall–Kier alpha value is -0.760. The third kappa shape index (κ3) is 2.32. The van der Waals surface area contributed by atoms with Crippen LogP contribution in [0.25, 0.3) is 11.1 Å². The Labute approximate surface area is 108 Å². The van der Waals surface area contributed by atoms with Crippen LogP contribution in [0.2, 0.25) is 15.1 Å². The Morgan fingerprint density at radius 2 is 1.25 bits per heavy atom. The minimum atomic E-state index is -0.453. The molecule has 0 amide bonds. The van der Waals surface area contributed by atoms with Crippen LogP contribution in [0.5, 0.6) is 0 Å². The van der Waals surface area contributed by atoms with E-state index in [0.717, 1.165) is 5.56 Å². The van der Waals surface area contributed by atoms with Crippen LogP contribution in [0.15, 0.2) is 36.4 Å². The van der Waals surface area contributed by atoms with Gasteiger partial charge >= 0.3 is 0 Å². The predicted octanol–water partition coefficient (Wildman–Crippen LogP) is 5.45. The molecule has 0 heterocycles. The molecule has 2 aromatic carbocycles. The van der Waals surface area contributed by atoms with E-state index in [2.05, 4.69) is 0 Å². The second-order valence-electron chi connectivity index (χ2n) is 3.26. The van der Waals surface area contributed by atoms with Gasteiger partial charge in [0, 0.05) is 0 Å². The van der Waals surface area contributed by atoms with E-state index in [-0.39, 0.29) is 5.02 Å². The molecule has 0 spiro atoms. The maximum Gasteiger partial charge on any atom is 0.142 e. The van der Waals surface area contributed by atoms with Gasteiger partial charge in [-0.3, -0.25) is 0 Å². The third-order valence-corrected chi connectivity index (χ3v) is 3.22. The molecule has 0 aliphatic rings. The highest BCUT2D eigenvalue weighted by molar-refractivity contribution is 6.42. The monoisotopic (exact) mass is 274 g/mol. The molecule has 4 heteroatoms. The van der Waals surface area contributed by atoms with Crippen LogP contribution in [-0.4, -0.2) is 0 Å². The smallest absolute Gasteiger partial charge is 0.142 e. The highest BCUT2D eigenvalue weighted by Gasteiger charge is 2.05. The van der Waals surface area contributed by atoms with E-state index in [9.17, 15) is 4.39 Å². The Kier molecular flexibility index (Phi) is 3.38. The lowest BCUT2D eigenvalue weighted by atomic mass is 10.1. The van der Waals surface area contributed by atoms with Crippen LogP contribution >= 0.6 is 34.8 Å². The van der Waals surface area contributed by atoms with Gasteiger partial charge in [-0.1, -0.05) is 46.9 Å². The minimum Gasteiger partial charge on any atom is -0.205 e. The van der Waals surface area contributed by atoms with E-state index >= 15 is 0 Å². The van der Waals surface area contributed by atoms with Crippen LogP contribution in [0.1, 0.15) is 0 Å². The second-order valence-corrected chi connectivity index (χ2v) is 4.48. The molecule has 0 nitrogen and oxygen atoms in total. The van der Waals surface area contributed by atoms with E-state index in [0.29, 0.717) is 15.6 Å². The molecule has 0 aromatic heterocycles. The summed E-state index contributed by atoms with van der Waals surface area (Å²) in [6, 6.07) is 9.73. The summed E-state index contributed by atoms with van der Waals surface area (Å²) in [7, 11) is 0. The summed E-state index contributed by atoms with van der Waals surface area (Å²) in [6.07, 6.45) is 0. The van der Waals surface area contributed by atoms with Crippen molar-refractivity contribution in [3.05, 3.63) is 57.3 Å². The fourth-order valence-corrected chi connectivity index (χ4v) is 1.77. The summed E-state index contributed by atoms with van der Waals surface area (Å²) in [4.78, 5) is 0. The highest BCUT2D eigenvalue weighted by atomic mass is 35.5. The molecule has 16 heavy (non-hydrogen) atoms. The van der Waals surface area contributed by atoms with Gasteiger partial charge in [0.2, 0.25) is 0 Å². The summed E-state index contributed by atoms with van der Waals surface area (Å²) in [5.41, 5.74) is 1.51. The van der Waals surface area contributed by atoms with Crippen molar-refractivity contribution < 1.29 is 4.39 Å². The molecular weight excluding hydrogens is 269 g/mol. The zero-order chi connectivity index (χ0) is 11.7. The Balaban J connectivity index is 2.50. The molecule has 0 aliphatic heterocycles. The van der Waals surface area contributed by atoms with Gasteiger partial charge in [-0.2, -0.15) is 0 Å². The number of halogens is 4. The van der Waals surface area contributed by atoms with Gasteiger partial charge < -0.3 is 0 Å². The topological polar surface area (TPSA) is 0 Å². The number of hydrogen-bond acceptors (Lipinski definition) is 0. The molecule has 0 radical (unpaired) electrons. The second kappa shape index (κ2) is 4.62. The summed E-state index contributed by atoms with van der Waals surface area (Å²) in [6.45, 7) is 0. The van der Waals surface area contributed by atoms with Gasteiger partial charge in [0.05, 0.1) is 15.1 Å². The SMILES string of the molecule is Fc1cc(-c2ccc(Cl)c(Cl)c2)ccc1Cl. The van der Waals surface area contributed by atoms with Crippen molar-refractivity contribution in [2.24, 2.45) is 0 Å². The molecule has 0 fully saturated rings. The Morgan fingerprint density at radius 3 is 1.81 bits per heavy atom. The van der Waals surface area contributed by atoms with E-state index in [1.165, 1.54) is 12.1 Å². The van der Waals surface area contributed by atoms with Crippen molar-refractivity contribution >= 4 is 34.8 Å². The predicted molar refractivity (Wildman–Crippen MR) is 66.9 cm³/mol. The molecule has 0 saturated heterocycles. The standard InChI is InChI=1S/C12H6Cl3F/c13-9-3-1-7(5-11(9)15)8-2-4-10(14)12(16)6-8/h1-6H. The number of rotatable bonds is 1. The number of hydrogen-bond donors (Lipinski definition) is 0. The van der Waals surface area contributed by atoms with Crippen molar-refractivity contribution in [3.8, 4) is 11.1 Å². The first-order chi connectivity index (χ1) is 7.58. The quantitative estimate of drug-likeness (QED) is 0.649. The molecule has 0 N–H and O–H groups in total. The minimum absolute atomic E-state index is 0.101. The molecule has 0 bridgehead atoms. The van der Waals surface area contributed by atoms with E-state index < -0.39 is 5.82 Å². The maximum atomic E-state index is 13.3. The van der Waals surface area contributed by atoms with Gasteiger partial charge in [0.15, 0.2) is 0 Å². The maximum absolute atomic E-state index is 13.3. The van der Waals surface area contributed by atoms with Gasteiger partial charge in [0.1, 0.15) is 5.82 Å². The van der Waals surface area contributed by atoms with E-state index in [1.807, 2.05) is 0 Å². The zero-order valence-electron chi connectivity index (χ0n) is 7.98. The first kappa shape index (κ1) is 11.7. The Bertz CT molecular complexity index is 488. The van der Waals surface area contributed by atoms with Crippen LogP contribution in [-0.2, 0) is 0 Å². The van der Waals surface area contributed by atoms with Crippen LogP contribution in [0, 0.1) is 5.82 Å². The molecule has 2 aromatic rings. The lowest BCUT2D eigenvalue weighted by Gasteiger charge is -2.04. The molecule has 0 saturated carbocycles. The van der Waals surface area contributed by atoms with Crippen molar-refractivity contribution in [3.63, 3.8) is 0 Å². The molecule has 82 valence electrons. The molecular formula is C12H6Cl3F. The van der Waals surface area contributed by atoms with Gasteiger partial charge in [-0.05, 0) is 35.4 Å². The van der Waals surface area contributed by atoms with Crippen molar-refractivity contribution in [1.82, 2.24) is 0 Å². The average Bonchev–Trinajstić information content (AvgIpc) is 2.26. The summed E-state index contributed by atoms with van der Waals surface area (Å²) in [5.74, 6) is -0.453. The van der Waals surface area contributed by atoms with Crippen LogP contribution in [0.4, 0.5) is 4.39 Å². The van der Waals surface area contributed by atoms with E-state index in [1.54, 1.807) is 24.3 Å². The summed E-state index contributed by atoms with van der Waals surface area (Å²) >= 11 is 17.3. The van der Waals surface area contributed by atoms with Crippen molar-refractivity contribution in [2.75, 3.05) is 0 Å². The molecule has 0 atom stereocenters. The van der Waals surface area contributed by atoms with Gasteiger partial charge in [-0.15, -0.1) is 0 Å². The molecule has 0 unspecified atom stereocenters. The summed E-state index contributed by atoms with van der Waals surface area (Å²) < 4.78 is 13.3. The van der Waals surface area contributed by atoms with E-state index in [4.69, 9.17) is 34.8 Å². The lowest BCUT2D eigenvalue weighted by Crippen LogP contribution is -1.82. The normalized spacial score (nSPS) is 10.5. The van der Waals surface area contributed by atoms with Crippen LogP contribution < -0.4 is 0 Å². The first-order valence-corrected chi connectivity index (χ1v) is 5.62. The fourth-order valence-electron chi connectivity index (χ4n) is 1.35. The van der Waals surface area contributed by atoms with Gasteiger partial charge in [0.25, 0.3) is 0 Å². The first-order valence-electron chi connectivity index (χ1n) is 4.48. The van der Waals surface area contributed by atoms with Crippen LogP contribution in [0.3, 0.4) is 0 Å². The molecule has 2 rings (SSSR count). The lowest BCUT2D eigenvalue weighted by molar-refractivity contribution is 0.629. The van der Waals surface area contributed by atoms with Crippen molar-refractivity contribution in [1.29, 1.82) is 0 Å². The van der Waals surface area contributed by atoms with Crippen molar-refractivity contribution in [2.45, 2.75) is 0 Å². The molecule has 0 aliphatic carbocycles. The zero-order valence-corrected chi connectivity index (χ0v) is 10.2. The number of benzene rings is 2. The largest absolute Gasteiger partial charge is 0.205 e. The van der Waals surface area contributed by atoms with Gasteiger partial charge in [-0.25, -0.2) is 4.39 Å². The summed E-state index contributed by atoms with van der Waals surface area (Å²) in [5, 5.41) is 1.01. The average molecular weight is 276 g/mol. The fraction of sp³-hybridized carbons (Fsp3) is 0. The Morgan fingerprint density at radius 1 is 0.688 bits per heavy atom. The highest BCUT2D eigenvalue weighted by Crippen LogP contribution is 2.29. The third-order valence-electron chi connectivity index (χ3n) is 2.17.